The van der Waals surface area contributed by atoms with E-state index in [1.54, 1.807) is 6.07 Å². The van der Waals surface area contributed by atoms with Gasteiger partial charge in [0.2, 0.25) is 0 Å². The Hall–Kier alpha value is -3.11. The first-order valence-electron chi connectivity index (χ1n) is 11.9. The largest absolute Gasteiger partial charge is 0.508 e. The van der Waals surface area contributed by atoms with Crippen LogP contribution in [0.3, 0.4) is 0 Å². The number of hydrogen-bond donors (Lipinski definition) is 1. The quantitative estimate of drug-likeness (QED) is 0.536. The smallest absolute Gasteiger partial charge is 0.125 e. The van der Waals surface area contributed by atoms with Crippen LogP contribution in [0.1, 0.15) is 30.4 Å². The molecule has 3 aliphatic rings. The molecule has 172 valence electrons. The van der Waals surface area contributed by atoms with Crippen LogP contribution in [0.2, 0.25) is 0 Å². The Kier molecular flexibility index (Phi) is 7.79. The topological polar surface area (TPSA) is 49.8 Å². The number of ether oxygens (including phenoxy) is 1. The number of hydrogen-bond acceptors (Lipinski definition) is 4. The molecule has 1 spiro atoms. The fourth-order valence-corrected chi connectivity index (χ4v) is 4.76. The van der Waals surface area contributed by atoms with Crippen molar-refractivity contribution in [1.82, 2.24) is 0 Å². The molecular weight excluding hydrogens is 410 g/mol. The number of para-hydroxylation sites is 1. The summed E-state index contributed by atoms with van der Waals surface area (Å²) >= 11 is 0. The lowest BCUT2D eigenvalue weighted by molar-refractivity contribution is -0.111. The Labute approximate surface area is 196 Å². The highest BCUT2D eigenvalue weighted by Gasteiger charge is 2.49. The lowest BCUT2D eigenvalue weighted by Gasteiger charge is -2.48. The van der Waals surface area contributed by atoms with Crippen molar-refractivity contribution >= 4 is 12.0 Å². The fraction of sp³-hybridized carbons (Fsp3) is 0.345. The predicted molar refractivity (Wildman–Crippen MR) is 133 cm³/mol. The summed E-state index contributed by atoms with van der Waals surface area (Å²) in [5.74, 6) is 0.517. The van der Waals surface area contributed by atoms with Crippen LogP contribution in [0.5, 0.6) is 5.75 Å². The Morgan fingerprint density at radius 2 is 1.45 bits per heavy atom. The van der Waals surface area contributed by atoms with Crippen molar-refractivity contribution in [3.8, 4) is 5.75 Å². The molecule has 4 nitrogen and oxygen atoms in total. The van der Waals surface area contributed by atoms with Gasteiger partial charge >= 0.3 is 0 Å². The summed E-state index contributed by atoms with van der Waals surface area (Å²) in [6, 6.07) is 28.1. The van der Waals surface area contributed by atoms with Crippen molar-refractivity contribution in [3.05, 3.63) is 96.1 Å². The third kappa shape index (κ3) is 6.23. The fourth-order valence-electron chi connectivity index (χ4n) is 4.76. The molecule has 3 aromatic carbocycles. The van der Waals surface area contributed by atoms with Gasteiger partial charge in [-0.05, 0) is 67.5 Å². The summed E-state index contributed by atoms with van der Waals surface area (Å²) < 4.78 is 5.76. The molecule has 2 heterocycles. The second kappa shape index (κ2) is 11.2. The zero-order chi connectivity index (χ0) is 22.9. The lowest BCUT2D eigenvalue weighted by atomic mass is 9.87. The van der Waals surface area contributed by atoms with Crippen LogP contribution in [0.15, 0.2) is 84.9 Å². The lowest BCUT2D eigenvalue weighted by Crippen LogP contribution is -2.61. The standard InChI is InChI=1S/C13H15NO2.C10H12O.C6H6/c15-7-11-6-13(16-8-11)9-14(10-13)12-4-2-1-3-5-12;11-10-6-5-8-3-1-2-4-9(8)7-10;1-2-4-6-5-3-1/h1-5,7,11H,6,8-10H2;5-7,11H,1-4H2;1-6H. The van der Waals surface area contributed by atoms with Crippen molar-refractivity contribution in [1.29, 1.82) is 0 Å². The second-order valence-corrected chi connectivity index (χ2v) is 9.10. The van der Waals surface area contributed by atoms with Gasteiger partial charge in [-0.15, -0.1) is 0 Å². The van der Waals surface area contributed by atoms with E-state index in [0.717, 1.165) is 32.2 Å². The monoisotopic (exact) mass is 443 g/mol. The molecule has 1 atom stereocenters. The molecule has 1 N–H and O–H groups in total. The number of aryl methyl sites for hydroxylation is 2. The van der Waals surface area contributed by atoms with Crippen molar-refractivity contribution < 1.29 is 14.6 Å². The molecule has 6 rings (SSSR count). The SMILES string of the molecule is O=CC1COC2(C1)CN(c1ccccc1)C2.Oc1ccc2c(c1)CCCC2.c1ccccc1. The normalized spacial score (nSPS) is 19.8. The van der Waals surface area contributed by atoms with Crippen LogP contribution in [0, 0.1) is 5.92 Å². The highest BCUT2D eigenvalue weighted by Crippen LogP contribution is 2.39. The molecule has 0 saturated carbocycles. The van der Waals surface area contributed by atoms with Crippen molar-refractivity contribution in [2.45, 2.75) is 37.7 Å². The van der Waals surface area contributed by atoms with Gasteiger partial charge in [0, 0.05) is 24.7 Å². The number of carbonyl (C=O) groups excluding carboxylic acids is 1. The summed E-state index contributed by atoms with van der Waals surface area (Å²) in [6.45, 7) is 2.44. The van der Waals surface area contributed by atoms with E-state index in [0.29, 0.717) is 12.4 Å². The van der Waals surface area contributed by atoms with Gasteiger partial charge in [0.05, 0.1) is 6.61 Å². The number of nitrogens with zero attached hydrogens (tertiary/aromatic N) is 1. The predicted octanol–water partition coefficient (Wildman–Crippen LogP) is 5.44. The van der Waals surface area contributed by atoms with E-state index in [9.17, 15) is 9.90 Å². The number of phenolic OH excluding ortho intramolecular Hbond substituents is 1. The van der Waals surface area contributed by atoms with Gasteiger partial charge in [0.1, 0.15) is 17.6 Å². The average molecular weight is 444 g/mol. The highest BCUT2D eigenvalue weighted by molar-refractivity contribution is 5.56. The van der Waals surface area contributed by atoms with Gasteiger partial charge in [-0.2, -0.15) is 0 Å². The first kappa shape index (κ1) is 23.1. The highest BCUT2D eigenvalue weighted by atomic mass is 16.5. The molecule has 2 aliphatic heterocycles. The van der Waals surface area contributed by atoms with E-state index < -0.39 is 0 Å². The minimum atomic E-state index is -0.0403. The molecule has 1 unspecified atom stereocenters. The van der Waals surface area contributed by atoms with E-state index in [1.165, 1.54) is 36.1 Å². The number of fused-ring (bicyclic) bond motifs is 1. The van der Waals surface area contributed by atoms with Crippen LogP contribution < -0.4 is 4.90 Å². The van der Waals surface area contributed by atoms with E-state index >= 15 is 0 Å². The maximum atomic E-state index is 10.7. The van der Waals surface area contributed by atoms with Crippen molar-refractivity contribution in [2.24, 2.45) is 5.92 Å². The van der Waals surface area contributed by atoms with Gasteiger partial charge < -0.3 is 19.5 Å². The maximum Gasteiger partial charge on any atom is 0.125 e. The number of carbonyl (C=O) groups is 1. The van der Waals surface area contributed by atoms with E-state index in [-0.39, 0.29) is 11.5 Å². The second-order valence-electron chi connectivity index (χ2n) is 9.10. The van der Waals surface area contributed by atoms with Gasteiger partial charge in [-0.1, -0.05) is 60.7 Å². The van der Waals surface area contributed by atoms with Crippen LogP contribution in [-0.4, -0.2) is 36.7 Å². The number of aromatic hydroxyl groups is 1. The Morgan fingerprint density at radius 1 is 0.848 bits per heavy atom. The molecule has 33 heavy (non-hydrogen) atoms. The average Bonchev–Trinajstić information content (AvgIpc) is 3.31. The summed E-state index contributed by atoms with van der Waals surface area (Å²) in [5, 5.41) is 9.19. The van der Waals surface area contributed by atoms with Crippen LogP contribution >= 0.6 is 0 Å². The van der Waals surface area contributed by atoms with Crippen LogP contribution in [0.25, 0.3) is 0 Å². The Bertz CT molecular complexity index is 973. The third-order valence-electron chi connectivity index (χ3n) is 6.51. The van der Waals surface area contributed by atoms with Crippen LogP contribution in [-0.2, 0) is 22.4 Å². The molecule has 4 heteroatoms. The van der Waals surface area contributed by atoms with E-state index in [1.807, 2.05) is 66.7 Å². The van der Waals surface area contributed by atoms with Crippen LogP contribution in [0.4, 0.5) is 5.69 Å². The Morgan fingerprint density at radius 3 is 2.06 bits per heavy atom. The first-order valence-corrected chi connectivity index (χ1v) is 11.9. The number of rotatable bonds is 2. The molecule has 1 aliphatic carbocycles. The summed E-state index contributed by atoms with van der Waals surface area (Å²) in [5.41, 5.74) is 3.97. The van der Waals surface area contributed by atoms with Gasteiger partial charge in [-0.25, -0.2) is 0 Å². The molecule has 2 fully saturated rings. The van der Waals surface area contributed by atoms with Gasteiger partial charge in [-0.3, -0.25) is 0 Å². The van der Waals surface area contributed by atoms with Crippen molar-refractivity contribution in [3.63, 3.8) is 0 Å². The molecule has 0 amide bonds. The number of phenols is 1. The molecule has 0 radical (unpaired) electrons. The molecular formula is C29H33NO3. The minimum absolute atomic E-state index is 0.0403. The number of aldehydes is 1. The first-order chi connectivity index (χ1) is 16.2. The van der Waals surface area contributed by atoms with E-state index in [4.69, 9.17) is 4.74 Å². The number of benzene rings is 3. The summed E-state index contributed by atoms with van der Waals surface area (Å²) in [6.07, 6.45) is 6.83. The maximum absolute atomic E-state index is 10.7. The number of anilines is 1. The molecule has 0 aromatic heterocycles. The summed E-state index contributed by atoms with van der Waals surface area (Å²) in [4.78, 5) is 13.0. The van der Waals surface area contributed by atoms with Gasteiger partial charge in [0.25, 0.3) is 0 Å². The molecule has 0 bridgehead atoms. The zero-order valence-corrected chi connectivity index (χ0v) is 19.1. The minimum Gasteiger partial charge on any atom is -0.508 e. The van der Waals surface area contributed by atoms with E-state index in [2.05, 4.69) is 17.0 Å². The molecule has 2 saturated heterocycles. The Balaban J connectivity index is 0.000000132. The summed E-state index contributed by atoms with van der Waals surface area (Å²) in [7, 11) is 0. The van der Waals surface area contributed by atoms with Gasteiger partial charge in [0.15, 0.2) is 0 Å². The third-order valence-corrected chi connectivity index (χ3v) is 6.51. The zero-order valence-electron chi connectivity index (χ0n) is 19.1. The van der Waals surface area contributed by atoms with Crippen molar-refractivity contribution in [2.75, 3.05) is 24.6 Å². The molecule has 3 aromatic rings.